The van der Waals surface area contributed by atoms with Crippen LogP contribution in [0, 0.1) is 34.0 Å². The lowest BCUT2D eigenvalue weighted by Crippen LogP contribution is -2.24. The lowest BCUT2D eigenvalue weighted by atomic mass is 10.1. The van der Waals surface area contributed by atoms with Crippen molar-refractivity contribution < 1.29 is 0 Å². The molecule has 0 saturated heterocycles. The van der Waals surface area contributed by atoms with E-state index in [4.69, 9.17) is 15.8 Å². The molecule has 0 unspecified atom stereocenters. The van der Waals surface area contributed by atoms with Crippen LogP contribution in [0.5, 0.6) is 0 Å². The van der Waals surface area contributed by atoms with Crippen molar-refractivity contribution in [3.8, 4) is 18.2 Å². The predicted molar refractivity (Wildman–Crippen MR) is 66.4 cm³/mol. The van der Waals surface area contributed by atoms with E-state index in [1.807, 2.05) is 30.5 Å². The summed E-state index contributed by atoms with van der Waals surface area (Å²) >= 11 is 1.47. The van der Waals surface area contributed by atoms with Crippen LogP contribution in [0.4, 0.5) is 5.69 Å². The van der Waals surface area contributed by atoms with E-state index in [9.17, 15) is 0 Å². The average Bonchev–Trinajstić information content (AvgIpc) is 2.37. The Balaban J connectivity index is 3.25. The normalized spacial score (nSPS) is 8.82. The van der Waals surface area contributed by atoms with Crippen molar-refractivity contribution in [3.63, 3.8) is 0 Å². The second-order valence-corrected chi connectivity index (χ2v) is 3.99. The number of benzene rings is 1. The number of hydrogen-bond donors (Lipinski definition) is 0. The summed E-state index contributed by atoms with van der Waals surface area (Å²) in [5.74, 6) is 0. The highest BCUT2D eigenvalue weighted by Crippen LogP contribution is 2.28. The molecule has 4 nitrogen and oxygen atoms in total. The van der Waals surface area contributed by atoms with E-state index in [0.717, 1.165) is 4.90 Å². The fraction of sp³-hybridized carbons (Fsp3) is 0.250. The van der Waals surface area contributed by atoms with Gasteiger partial charge in [0.1, 0.15) is 19.2 Å². The molecule has 84 valence electrons. The van der Waals surface area contributed by atoms with Gasteiger partial charge in [-0.05, 0) is 18.4 Å². The molecular formula is C12H10N4S. The van der Waals surface area contributed by atoms with Crippen LogP contribution < -0.4 is 4.90 Å². The lowest BCUT2D eigenvalue weighted by Gasteiger charge is -2.20. The average molecular weight is 242 g/mol. The highest BCUT2D eigenvalue weighted by Gasteiger charge is 2.13. The second kappa shape index (κ2) is 6.43. The first-order chi connectivity index (χ1) is 8.28. The highest BCUT2D eigenvalue weighted by atomic mass is 32.2. The van der Waals surface area contributed by atoms with Gasteiger partial charge in [-0.25, -0.2) is 0 Å². The van der Waals surface area contributed by atoms with E-state index in [0.29, 0.717) is 11.3 Å². The first kappa shape index (κ1) is 12.9. The third-order valence-corrected chi connectivity index (χ3v) is 2.98. The van der Waals surface area contributed by atoms with Gasteiger partial charge in [0.25, 0.3) is 0 Å². The molecule has 0 N–H and O–H groups in total. The Bertz CT molecular complexity index is 503. The first-order valence-corrected chi connectivity index (χ1v) is 6.07. The minimum absolute atomic E-state index is 0.0973. The summed E-state index contributed by atoms with van der Waals surface area (Å²) < 4.78 is 0. The molecular weight excluding hydrogens is 232 g/mol. The maximum absolute atomic E-state index is 9.16. The molecule has 17 heavy (non-hydrogen) atoms. The van der Waals surface area contributed by atoms with Gasteiger partial charge in [0.15, 0.2) is 0 Å². The first-order valence-electron chi connectivity index (χ1n) is 4.84. The molecule has 0 saturated carbocycles. The second-order valence-electron chi connectivity index (χ2n) is 3.14. The van der Waals surface area contributed by atoms with Crippen molar-refractivity contribution in [2.45, 2.75) is 4.90 Å². The third-order valence-electron chi connectivity index (χ3n) is 2.20. The summed E-state index contributed by atoms with van der Waals surface area (Å²) in [6.45, 7) is 0.195. The molecule has 0 spiro atoms. The number of nitriles is 3. The van der Waals surface area contributed by atoms with Crippen LogP contribution in [0.3, 0.4) is 0 Å². The molecule has 0 atom stereocenters. The molecule has 0 radical (unpaired) electrons. The maximum atomic E-state index is 9.16. The number of rotatable bonds is 4. The minimum Gasteiger partial charge on any atom is -0.344 e. The predicted octanol–water partition coefficient (Wildman–Crippen LogP) is 2.13. The van der Waals surface area contributed by atoms with Gasteiger partial charge in [0, 0.05) is 4.90 Å². The van der Waals surface area contributed by atoms with Crippen molar-refractivity contribution in [1.29, 1.82) is 15.8 Å². The molecule has 0 aliphatic rings. The van der Waals surface area contributed by atoms with E-state index in [1.165, 1.54) is 11.8 Å². The van der Waals surface area contributed by atoms with Crippen LogP contribution in [-0.2, 0) is 0 Å². The zero-order chi connectivity index (χ0) is 12.7. The molecule has 0 aliphatic heterocycles. The van der Waals surface area contributed by atoms with Crippen molar-refractivity contribution in [3.05, 3.63) is 23.8 Å². The van der Waals surface area contributed by atoms with Gasteiger partial charge in [-0.15, -0.1) is 11.8 Å². The maximum Gasteiger partial charge on any atom is 0.107 e. The van der Waals surface area contributed by atoms with Crippen molar-refractivity contribution in [2.24, 2.45) is 0 Å². The zero-order valence-electron chi connectivity index (χ0n) is 9.34. The molecule has 0 heterocycles. The van der Waals surface area contributed by atoms with Crippen molar-refractivity contribution in [1.82, 2.24) is 0 Å². The zero-order valence-corrected chi connectivity index (χ0v) is 10.2. The van der Waals surface area contributed by atoms with E-state index >= 15 is 0 Å². The quantitative estimate of drug-likeness (QED) is 0.597. The molecule has 0 amide bonds. The van der Waals surface area contributed by atoms with Gasteiger partial charge in [-0.1, -0.05) is 6.07 Å². The van der Waals surface area contributed by atoms with Crippen LogP contribution >= 0.6 is 11.8 Å². The van der Waals surface area contributed by atoms with Gasteiger partial charge < -0.3 is 4.90 Å². The van der Waals surface area contributed by atoms with Gasteiger partial charge in [0.05, 0.1) is 23.4 Å². The van der Waals surface area contributed by atoms with Gasteiger partial charge in [-0.3, -0.25) is 0 Å². The van der Waals surface area contributed by atoms with Gasteiger partial charge in [-0.2, -0.15) is 15.8 Å². The Hall–Kier alpha value is -2.16. The summed E-state index contributed by atoms with van der Waals surface area (Å²) in [5, 5.41) is 26.6. The molecule has 1 aromatic rings. The standard InChI is InChI=1S/C12H10N4S/c1-17-12-4-2-3-11(10(12)9-15)16(7-5-13)8-6-14/h2-4H,7-8H2,1H3. The van der Waals surface area contributed by atoms with Crippen LogP contribution in [0.1, 0.15) is 5.56 Å². The molecule has 1 rings (SSSR count). The number of hydrogen-bond acceptors (Lipinski definition) is 5. The Labute approximate surface area is 105 Å². The molecule has 0 fully saturated rings. The molecule has 0 aliphatic carbocycles. The summed E-state index contributed by atoms with van der Waals surface area (Å²) in [6.07, 6.45) is 1.89. The van der Waals surface area contributed by atoms with Crippen molar-refractivity contribution in [2.75, 3.05) is 24.2 Å². The van der Waals surface area contributed by atoms with Gasteiger partial charge in [0.2, 0.25) is 0 Å². The monoisotopic (exact) mass is 242 g/mol. The smallest absolute Gasteiger partial charge is 0.107 e. The van der Waals surface area contributed by atoms with E-state index in [2.05, 4.69) is 6.07 Å². The summed E-state index contributed by atoms with van der Waals surface area (Å²) in [5.41, 5.74) is 1.16. The topological polar surface area (TPSA) is 74.6 Å². The minimum atomic E-state index is 0.0973. The number of anilines is 1. The van der Waals surface area contributed by atoms with E-state index in [1.54, 1.807) is 11.0 Å². The Morgan fingerprint density at radius 3 is 2.29 bits per heavy atom. The summed E-state index contributed by atoms with van der Waals surface area (Å²) in [7, 11) is 0. The molecule has 0 bridgehead atoms. The highest BCUT2D eigenvalue weighted by molar-refractivity contribution is 7.98. The summed E-state index contributed by atoms with van der Waals surface area (Å²) in [4.78, 5) is 2.45. The largest absolute Gasteiger partial charge is 0.344 e. The van der Waals surface area contributed by atoms with Crippen LogP contribution in [-0.4, -0.2) is 19.3 Å². The SMILES string of the molecule is CSc1cccc(N(CC#N)CC#N)c1C#N. The number of nitrogens with zero attached hydrogens (tertiary/aromatic N) is 4. The fourth-order valence-electron chi connectivity index (χ4n) is 1.46. The summed E-state index contributed by atoms with van der Waals surface area (Å²) in [6, 6.07) is 11.6. The van der Waals surface area contributed by atoms with Crippen LogP contribution in [0.2, 0.25) is 0 Å². The van der Waals surface area contributed by atoms with Crippen LogP contribution in [0.25, 0.3) is 0 Å². The Kier molecular flexibility index (Phi) is 4.88. The Morgan fingerprint density at radius 2 is 1.82 bits per heavy atom. The number of thioether (sulfide) groups is 1. The van der Waals surface area contributed by atoms with E-state index < -0.39 is 0 Å². The van der Waals surface area contributed by atoms with Gasteiger partial charge >= 0.3 is 0 Å². The fourth-order valence-corrected chi connectivity index (χ4v) is 2.03. The molecule has 1 aromatic carbocycles. The van der Waals surface area contributed by atoms with E-state index in [-0.39, 0.29) is 13.1 Å². The molecule has 0 aromatic heterocycles. The lowest BCUT2D eigenvalue weighted by molar-refractivity contribution is 0.959. The van der Waals surface area contributed by atoms with Crippen LogP contribution in [0.15, 0.2) is 23.1 Å². The molecule has 5 heteroatoms. The van der Waals surface area contributed by atoms with Crippen molar-refractivity contribution >= 4 is 17.4 Å². The Morgan fingerprint density at radius 1 is 1.18 bits per heavy atom. The third kappa shape index (κ3) is 2.91.